The van der Waals surface area contributed by atoms with Crippen LogP contribution in [0.25, 0.3) is 10.1 Å². The Morgan fingerprint density at radius 2 is 2.06 bits per heavy atom. The van der Waals surface area contributed by atoms with Gasteiger partial charge in [0.05, 0.1) is 6.42 Å². The highest BCUT2D eigenvalue weighted by molar-refractivity contribution is 7.19. The van der Waals surface area contributed by atoms with Crippen LogP contribution in [0.1, 0.15) is 11.8 Å². The number of nitrogens with one attached hydrogen (secondary N) is 1. The van der Waals surface area contributed by atoms with Crippen molar-refractivity contribution in [3.63, 3.8) is 0 Å². The maximum Gasteiger partial charge on any atom is 0.287 e. The van der Waals surface area contributed by atoms with Gasteiger partial charge in [0.2, 0.25) is 5.78 Å². The number of Topliss-reactive ketones (excluding diaryl/α,β-unsaturated/α-hetero) is 1. The lowest BCUT2D eigenvalue weighted by atomic mass is 10.2. The van der Waals surface area contributed by atoms with Gasteiger partial charge in [-0.25, -0.2) is 0 Å². The molecular formula is C13H13NO2S. The molecule has 4 heteroatoms. The second-order valence-corrected chi connectivity index (χ2v) is 4.88. The smallest absolute Gasteiger partial charge is 0.287 e. The number of hydrogen-bond donors (Lipinski definition) is 1. The van der Waals surface area contributed by atoms with Gasteiger partial charge in [0.1, 0.15) is 0 Å². The molecule has 0 atom stereocenters. The van der Waals surface area contributed by atoms with Crippen LogP contribution in [0.4, 0.5) is 0 Å². The molecule has 0 spiro atoms. The molecule has 0 aliphatic heterocycles. The van der Waals surface area contributed by atoms with Gasteiger partial charge in [0.25, 0.3) is 5.91 Å². The van der Waals surface area contributed by atoms with Gasteiger partial charge in [0, 0.05) is 16.1 Å². The molecule has 0 saturated heterocycles. The Morgan fingerprint density at radius 1 is 1.29 bits per heavy atom. The van der Waals surface area contributed by atoms with Gasteiger partial charge in [-0.1, -0.05) is 18.2 Å². The Morgan fingerprint density at radius 3 is 2.76 bits per heavy atom. The van der Waals surface area contributed by atoms with E-state index in [0.717, 1.165) is 15.0 Å². The van der Waals surface area contributed by atoms with E-state index in [-0.39, 0.29) is 12.2 Å². The van der Waals surface area contributed by atoms with Gasteiger partial charge in [-0.2, -0.15) is 0 Å². The van der Waals surface area contributed by atoms with Gasteiger partial charge < -0.3 is 5.32 Å². The minimum Gasteiger partial charge on any atom is -0.350 e. The molecule has 0 bridgehead atoms. The van der Waals surface area contributed by atoms with Crippen molar-refractivity contribution in [3.8, 4) is 0 Å². The van der Waals surface area contributed by atoms with E-state index in [1.165, 1.54) is 0 Å². The molecule has 1 amide bonds. The van der Waals surface area contributed by atoms with Gasteiger partial charge in [-0.05, 0) is 24.4 Å². The first-order valence-corrected chi connectivity index (χ1v) is 6.31. The highest BCUT2D eigenvalue weighted by Crippen LogP contribution is 2.25. The van der Waals surface area contributed by atoms with E-state index in [1.54, 1.807) is 18.3 Å². The number of benzene rings is 1. The minimum atomic E-state index is -0.495. The van der Waals surface area contributed by atoms with Crippen LogP contribution in [0.3, 0.4) is 0 Å². The Bertz CT molecular complexity index is 526. The fourth-order valence-corrected chi connectivity index (χ4v) is 2.68. The quantitative estimate of drug-likeness (QED) is 0.841. The van der Waals surface area contributed by atoms with E-state index in [4.69, 9.17) is 0 Å². The minimum absolute atomic E-state index is 0.186. The van der Waals surface area contributed by atoms with E-state index in [0.29, 0.717) is 6.54 Å². The third-order valence-electron chi connectivity index (χ3n) is 2.40. The number of fused-ring (bicyclic) bond motifs is 1. The van der Waals surface area contributed by atoms with Gasteiger partial charge in [0.15, 0.2) is 0 Å². The number of carbonyl (C=O) groups excluding carboxylic acids is 2. The molecule has 1 aromatic heterocycles. The molecule has 1 aromatic carbocycles. The molecule has 2 aromatic rings. The molecule has 0 fully saturated rings. The fraction of sp³-hybridized carbons (Fsp3) is 0.231. The summed E-state index contributed by atoms with van der Waals surface area (Å²) < 4.78 is 1.14. The third kappa shape index (κ3) is 2.71. The number of likely N-dealkylation sites (N-methyl/N-ethyl adjacent to an activating group) is 1. The molecule has 17 heavy (non-hydrogen) atoms. The molecule has 0 radical (unpaired) electrons. The standard InChI is InChI=1S/C13H13NO2S/c1-2-14-13(16)11(15)8-10-7-9-5-3-4-6-12(9)17-10/h3-7H,2,8H2,1H3,(H,14,16). The van der Waals surface area contributed by atoms with Crippen LogP contribution in [0.5, 0.6) is 0 Å². The molecule has 88 valence electrons. The van der Waals surface area contributed by atoms with Crippen molar-refractivity contribution in [1.29, 1.82) is 0 Å². The highest BCUT2D eigenvalue weighted by atomic mass is 32.1. The molecule has 0 saturated carbocycles. The molecule has 0 aliphatic carbocycles. The summed E-state index contributed by atoms with van der Waals surface area (Å²) in [6.45, 7) is 2.28. The Labute approximate surface area is 103 Å². The molecule has 2 rings (SSSR count). The Balaban J connectivity index is 2.13. The molecule has 0 aliphatic rings. The van der Waals surface area contributed by atoms with Crippen LogP contribution in [0.2, 0.25) is 0 Å². The summed E-state index contributed by atoms with van der Waals surface area (Å²) >= 11 is 1.56. The average Bonchev–Trinajstić information content (AvgIpc) is 2.71. The zero-order valence-corrected chi connectivity index (χ0v) is 10.3. The first kappa shape index (κ1) is 11.8. The topological polar surface area (TPSA) is 46.2 Å². The first-order chi connectivity index (χ1) is 8.20. The lowest BCUT2D eigenvalue weighted by Gasteiger charge is -1.98. The first-order valence-electron chi connectivity index (χ1n) is 5.49. The van der Waals surface area contributed by atoms with Gasteiger partial charge in [-0.3, -0.25) is 9.59 Å². The van der Waals surface area contributed by atoms with Gasteiger partial charge >= 0.3 is 0 Å². The average molecular weight is 247 g/mol. The fourth-order valence-electron chi connectivity index (χ4n) is 1.62. The maximum atomic E-state index is 11.6. The third-order valence-corrected chi connectivity index (χ3v) is 3.52. The normalized spacial score (nSPS) is 10.4. The van der Waals surface area contributed by atoms with Crippen molar-refractivity contribution in [3.05, 3.63) is 35.2 Å². The van der Waals surface area contributed by atoms with Crippen LogP contribution >= 0.6 is 11.3 Å². The van der Waals surface area contributed by atoms with Crippen molar-refractivity contribution >= 4 is 33.1 Å². The van der Waals surface area contributed by atoms with Crippen molar-refractivity contribution in [2.75, 3.05) is 6.54 Å². The summed E-state index contributed by atoms with van der Waals surface area (Å²) in [5.41, 5.74) is 0. The van der Waals surface area contributed by atoms with Crippen molar-refractivity contribution in [2.45, 2.75) is 13.3 Å². The Hall–Kier alpha value is -1.68. The second-order valence-electron chi connectivity index (χ2n) is 3.71. The summed E-state index contributed by atoms with van der Waals surface area (Å²) in [7, 11) is 0. The van der Waals surface area contributed by atoms with Crippen LogP contribution in [0, 0.1) is 0 Å². The van der Waals surface area contributed by atoms with Crippen LogP contribution in [0.15, 0.2) is 30.3 Å². The number of thiophene rings is 1. The summed E-state index contributed by atoms with van der Waals surface area (Å²) in [5, 5.41) is 3.64. The lowest BCUT2D eigenvalue weighted by molar-refractivity contribution is -0.137. The second kappa shape index (κ2) is 5.10. The van der Waals surface area contributed by atoms with E-state index in [9.17, 15) is 9.59 Å². The van der Waals surface area contributed by atoms with Crippen molar-refractivity contribution in [2.24, 2.45) is 0 Å². The Kier molecular flexibility index (Phi) is 3.54. The molecule has 1 heterocycles. The summed E-state index contributed by atoms with van der Waals surface area (Å²) in [6, 6.07) is 9.92. The van der Waals surface area contributed by atoms with Crippen LogP contribution in [-0.4, -0.2) is 18.2 Å². The zero-order chi connectivity index (χ0) is 12.3. The number of rotatable bonds is 4. The largest absolute Gasteiger partial charge is 0.350 e. The molecule has 3 nitrogen and oxygen atoms in total. The number of amides is 1. The molecule has 0 unspecified atom stereocenters. The molecular weight excluding hydrogens is 234 g/mol. The maximum absolute atomic E-state index is 11.6. The monoisotopic (exact) mass is 247 g/mol. The SMILES string of the molecule is CCNC(=O)C(=O)Cc1cc2ccccc2s1. The van der Waals surface area contributed by atoms with Gasteiger partial charge in [-0.15, -0.1) is 11.3 Å². The number of hydrogen-bond acceptors (Lipinski definition) is 3. The summed E-state index contributed by atoms with van der Waals surface area (Å²) in [5.74, 6) is -0.872. The lowest BCUT2D eigenvalue weighted by Crippen LogP contribution is -2.31. The highest BCUT2D eigenvalue weighted by Gasteiger charge is 2.14. The van der Waals surface area contributed by atoms with Crippen molar-refractivity contribution in [1.82, 2.24) is 5.32 Å². The van der Waals surface area contributed by atoms with Crippen molar-refractivity contribution < 1.29 is 9.59 Å². The predicted octanol–water partition coefficient (Wildman–Crippen LogP) is 2.15. The zero-order valence-electron chi connectivity index (χ0n) is 9.53. The predicted molar refractivity (Wildman–Crippen MR) is 69.2 cm³/mol. The number of ketones is 1. The number of carbonyl (C=O) groups is 2. The van der Waals surface area contributed by atoms with E-state index in [1.807, 2.05) is 30.3 Å². The summed E-state index contributed by atoms with van der Waals surface area (Å²) in [4.78, 5) is 23.8. The van der Waals surface area contributed by atoms with E-state index >= 15 is 0 Å². The molecule has 1 N–H and O–H groups in total. The van der Waals surface area contributed by atoms with E-state index < -0.39 is 5.91 Å². The van der Waals surface area contributed by atoms with Crippen LogP contribution < -0.4 is 5.32 Å². The van der Waals surface area contributed by atoms with Crippen LogP contribution in [-0.2, 0) is 16.0 Å². The summed E-state index contributed by atoms with van der Waals surface area (Å²) in [6.07, 6.45) is 0.186. The van der Waals surface area contributed by atoms with E-state index in [2.05, 4.69) is 5.32 Å².